The number of rotatable bonds is 17. The van der Waals surface area contributed by atoms with E-state index >= 15 is 0 Å². The van der Waals surface area contributed by atoms with Crippen LogP contribution in [0.4, 0.5) is 0 Å². The first-order valence-corrected chi connectivity index (χ1v) is 18.9. The van der Waals surface area contributed by atoms with Crippen molar-refractivity contribution in [3.8, 4) is 0 Å². The van der Waals surface area contributed by atoms with Gasteiger partial charge < -0.3 is 28.1 Å². The van der Waals surface area contributed by atoms with Gasteiger partial charge in [-0.3, -0.25) is 0 Å². The van der Waals surface area contributed by atoms with E-state index in [4.69, 9.17) is 28.1 Å². The second kappa shape index (κ2) is 17.9. The summed E-state index contributed by atoms with van der Waals surface area (Å²) in [6.07, 6.45) is -2.18. The van der Waals surface area contributed by atoms with Crippen LogP contribution in [0.15, 0.2) is 104 Å². The van der Waals surface area contributed by atoms with Crippen LogP contribution in [-0.4, -0.2) is 58.2 Å². The van der Waals surface area contributed by atoms with Crippen molar-refractivity contribution in [3.63, 3.8) is 0 Å². The lowest BCUT2D eigenvalue weighted by atomic mass is 9.97. The summed E-state index contributed by atoms with van der Waals surface area (Å²) >= 11 is 0. The number of esters is 1. The summed E-state index contributed by atoms with van der Waals surface area (Å²) in [5.74, 6) is -0.498. The molecule has 0 saturated carbocycles. The molecule has 0 N–H and O–H groups in total. The summed E-state index contributed by atoms with van der Waals surface area (Å²) in [6, 6.07) is 28.8. The Kier molecular flexibility index (Phi) is 14.0. The summed E-state index contributed by atoms with van der Waals surface area (Å²) in [5, 5.41) is 0. The molecule has 0 aliphatic carbocycles. The zero-order valence-corrected chi connectivity index (χ0v) is 29.7. The van der Waals surface area contributed by atoms with Gasteiger partial charge in [-0.1, -0.05) is 126 Å². The number of ether oxygens (including phenoxy) is 5. The van der Waals surface area contributed by atoms with Crippen LogP contribution in [0, 0.1) is 0 Å². The summed E-state index contributed by atoms with van der Waals surface area (Å²) in [6.45, 7) is 18.5. The highest BCUT2D eigenvalue weighted by Gasteiger charge is 2.52. The zero-order chi connectivity index (χ0) is 33.8. The predicted octanol–water partition coefficient (Wildman–Crippen LogP) is 8.50. The third kappa shape index (κ3) is 9.50. The van der Waals surface area contributed by atoms with Crippen molar-refractivity contribution in [2.75, 3.05) is 13.2 Å². The van der Waals surface area contributed by atoms with E-state index in [9.17, 15) is 4.79 Å². The highest BCUT2D eigenvalue weighted by Crippen LogP contribution is 2.43. The molecule has 3 aromatic rings. The largest absolute Gasteiger partial charge is 0.450 e. The number of hydrogen-bond acceptors (Lipinski definition) is 7. The fourth-order valence-electron chi connectivity index (χ4n) is 6.85. The van der Waals surface area contributed by atoms with E-state index in [0.29, 0.717) is 35.4 Å². The first-order chi connectivity index (χ1) is 22.7. The second-order valence-electron chi connectivity index (χ2n) is 13.1. The molecule has 0 unspecified atom stereocenters. The van der Waals surface area contributed by atoms with Gasteiger partial charge >= 0.3 is 5.97 Å². The van der Waals surface area contributed by atoms with Crippen molar-refractivity contribution >= 4 is 14.3 Å². The van der Waals surface area contributed by atoms with Crippen molar-refractivity contribution < 1.29 is 32.9 Å². The van der Waals surface area contributed by atoms with Gasteiger partial charge in [-0.05, 0) is 39.9 Å². The molecule has 4 rings (SSSR count). The van der Waals surface area contributed by atoms with Gasteiger partial charge in [0.25, 0.3) is 0 Å². The van der Waals surface area contributed by atoms with Crippen LogP contribution in [0.3, 0.4) is 0 Å². The van der Waals surface area contributed by atoms with E-state index in [1.54, 1.807) is 30.3 Å². The van der Waals surface area contributed by atoms with Crippen LogP contribution >= 0.6 is 0 Å². The molecule has 0 amide bonds. The Labute approximate surface area is 282 Å². The fraction of sp³-hybridized carbons (Fsp3) is 0.462. The maximum atomic E-state index is 13.5. The molecule has 3 aromatic carbocycles. The molecular weight excluding hydrogens is 609 g/mol. The molecule has 1 fully saturated rings. The SMILES string of the molecule is C=CCO[C@H]1O[C@H](CO[Si](C(C)C)(C(C)C)C(C)C)[C@@H](OCc2ccccc2)[C@H](OCc2ccccc2)[C@@H]1OC(=O)c1ccccc1. The molecule has 8 heteroatoms. The van der Waals surface area contributed by atoms with E-state index < -0.39 is 45.0 Å². The topological polar surface area (TPSA) is 72.5 Å². The summed E-state index contributed by atoms with van der Waals surface area (Å²) < 4.78 is 39.6. The lowest BCUT2D eigenvalue weighted by molar-refractivity contribution is -0.313. The Hall–Kier alpha value is -3.11. The van der Waals surface area contributed by atoms with E-state index in [2.05, 4.69) is 48.1 Å². The van der Waals surface area contributed by atoms with E-state index in [1.807, 2.05) is 66.7 Å². The van der Waals surface area contributed by atoms with Crippen LogP contribution in [0.1, 0.15) is 63.0 Å². The molecule has 7 nitrogen and oxygen atoms in total. The van der Waals surface area contributed by atoms with Gasteiger partial charge in [-0.15, -0.1) is 6.58 Å². The van der Waals surface area contributed by atoms with E-state index in [-0.39, 0.29) is 13.2 Å². The molecule has 0 aromatic heterocycles. The van der Waals surface area contributed by atoms with Crippen molar-refractivity contribution in [1.82, 2.24) is 0 Å². The van der Waals surface area contributed by atoms with Crippen LogP contribution in [0.25, 0.3) is 0 Å². The average molecular weight is 661 g/mol. The van der Waals surface area contributed by atoms with Crippen LogP contribution in [0.5, 0.6) is 0 Å². The monoisotopic (exact) mass is 660 g/mol. The van der Waals surface area contributed by atoms with E-state index in [1.165, 1.54) is 0 Å². The summed E-state index contributed by atoms with van der Waals surface area (Å²) in [7, 11) is -2.27. The lowest BCUT2D eigenvalue weighted by Gasteiger charge is -2.48. The molecule has 1 heterocycles. The molecule has 5 atom stereocenters. The molecule has 1 saturated heterocycles. The minimum absolute atomic E-state index is 0.196. The molecule has 1 aliphatic rings. The summed E-state index contributed by atoms with van der Waals surface area (Å²) in [4.78, 5) is 13.5. The van der Waals surface area contributed by atoms with E-state index in [0.717, 1.165) is 11.1 Å². The van der Waals surface area contributed by atoms with Crippen LogP contribution in [-0.2, 0) is 41.3 Å². The Morgan fingerprint density at radius 3 is 1.70 bits per heavy atom. The lowest BCUT2D eigenvalue weighted by Crippen LogP contribution is -2.63. The number of hydrogen-bond donors (Lipinski definition) is 0. The van der Waals surface area contributed by atoms with Gasteiger partial charge in [0.1, 0.15) is 18.3 Å². The van der Waals surface area contributed by atoms with Crippen LogP contribution in [0.2, 0.25) is 16.6 Å². The minimum atomic E-state index is -2.27. The number of carbonyl (C=O) groups is 1. The molecule has 47 heavy (non-hydrogen) atoms. The number of benzene rings is 3. The summed E-state index contributed by atoms with van der Waals surface area (Å²) in [5.41, 5.74) is 3.56. The molecule has 0 bridgehead atoms. The highest BCUT2D eigenvalue weighted by molar-refractivity contribution is 6.77. The zero-order valence-electron chi connectivity index (χ0n) is 28.7. The minimum Gasteiger partial charge on any atom is -0.450 e. The Morgan fingerprint density at radius 2 is 1.21 bits per heavy atom. The number of carbonyl (C=O) groups excluding carboxylic acids is 1. The molecule has 1 aliphatic heterocycles. The third-order valence-electron chi connectivity index (χ3n) is 9.00. The van der Waals surface area contributed by atoms with Gasteiger partial charge in [0, 0.05) is 0 Å². The van der Waals surface area contributed by atoms with Gasteiger partial charge in [0.05, 0.1) is 32.0 Å². The standard InChI is InChI=1S/C39H52O7Si/c1-8-24-41-39-37(46-38(40)33-22-16-11-17-23-33)36(43-26-32-20-14-10-15-21-32)35(42-25-31-18-12-9-13-19-31)34(45-39)27-44-47(28(2)3,29(4)5)30(6)7/h8-23,28-30,34-37,39H,1,24-27H2,2-7H3/t34-,35-,36+,37+,39+/m1/s1. The van der Waals surface area contributed by atoms with Gasteiger partial charge in [0.2, 0.25) is 0 Å². The Balaban J connectivity index is 1.74. The molecule has 254 valence electrons. The van der Waals surface area contributed by atoms with Gasteiger partial charge in [0.15, 0.2) is 20.7 Å². The van der Waals surface area contributed by atoms with Crippen molar-refractivity contribution in [1.29, 1.82) is 0 Å². The highest BCUT2D eigenvalue weighted by atomic mass is 28.4. The third-order valence-corrected chi connectivity index (χ3v) is 15.1. The molecule has 0 radical (unpaired) electrons. The van der Waals surface area contributed by atoms with Gasteiger partial charge in [-0.2, -0.15) is 0 Å². The normalized spacial score (nSPS) is 21.7. The first-order valence-electron chi connectivity index (χ1n) is 16.8. The van der Waals surface area contributed by atoms with Crippen LogP contribution < -0.4 is 0 Å². The predicted molar refractivity (Wildman–Crippen MR) is 187 cm³/mol. The fourth-order valence-corrected chi connectivity index (χ4v) is 12.3. The Morgan fingerprint density at radius 1 is 0.723 bits per heavy atom. The maximum absolute atomic E-state index is 13.5. The van der Waals surface area contributed by atoms with Crippen molar-refractivity contribution in [2.45, 2.75) is 102 Å². The quantitative estimate of drug-likeness (QED) is 0.0817. The molecule has 0 spiro atoms. The maximum Gasteiger partial charge on any atom is 0.338 e. The van der Waals surface area contributed by atoms with Crippen molar-refractivity contribution in [2.24, 2.45) is 0 Å². The Bertz CT molecular complexity index is 1330. The second-order valence-corrected chi connectivity index (χ2v) is 18.5. The smallest absolute Gasteiger partial charge is 0.338 e. The van der Waals surface area contributed by atoms with Gasteiger partial charge in [-0.25, -0.2) is 4.79 Å². The average Bonchev–Trinajstić information content (AvgIpc) is 3.07. The molecular formula is C39H52O7Si. The first kappa shape index (κ1) is 36.7. The van der Waals surface area contributed by atoms with Crippen molar-refractivity contribution in [3.05, 3.63) is 120 Å².